The molecule has 2 aliphatic rings. The number of H-pyrrole nitrogens is 1. The maximum atomic E-state index is 12.2. The number of rotatable bonds is 25. The minimum absolute atomic E-state index is 0.0335. The topological polar surface area (TPSA) is 181 Å². The van der Waals surface area contributed by atoms with Crippen molar-refractivity contribution in [1.82, 2.24) is 34.7 Å². The van der Waals surface area contributed by atoms with E-state index in [4.69, 9.17) is 23.9 Å². The maximum absolute atomic E-state index is 12.2. The lowest BCUT2D eigenvalue weighted by molar-refractivity contribution is -0.122. The van der Waals surface area contributed by atoms with E-state index in [9.17, 15) is 15.0 Å². The third-order valence-electron chi connectivity index (χ3n) is 11.8. The smallest absolute Gasteiger partial charge is 0.222 e. The Morgan fingerprint density at radius 3 is 2.47 bits per heavy atom. The fourth-order valence-electron chi connectivity index (χ4n) is 8.24. The Balaban J connectivity index is 0.904. The average Bonchev–Trinajstić information content (AvgIpc) is 3.90. The summed E-state index contributed by atoms with van der Waals surface area (Å²) in [6, 6.07) is 9.11. The Labute approximate surface area is 355 Å². The van der Waals surface area contributed by atoms with Gasteiger partial charge in [0.2, 0.25) is 5.91 Å². The standard InChI is InChI=1S/C45H70N8O7/c1-7-19-57-21-23-59-24-22-58-20-15-39(54)46-16-8-9-17-47-42-34-14-18-52(43(34)49-29-48-42)44-41(56)40(55)37(60-44)28-53(30(2)3)33-25-31(26-33)10-13-38-50-35-12-11-32(45(4,5)6)27-36(35)51-38/h11-12,14,18,27,29-31,33,37,40-41,44,55-56H,7-10,13,15-17,19-26,28H2,1-6H3,(H,46,54)(H,50,51)(H,47,48,49)/t31?,33?,37-,40?,41+,44-/m1/s1. The van der Waals surface area contributed by atoms with Crippen LogP contribution in [0.1, 0.15) is 104 Å². The Kier molecular flexibility index (Phi) is 16.7. The van der Waals surface area contributed by atoms with Crippen molar-refractivity contribution in [3.8, 4) is 0 Å². The molecule has 1 aromatic carbocycles. The number of aromatic nitrogens is 5. The number of hydrogen-bond donors (Lipinski definition) is 5. The van der Waals surface area contributed by atoms with Gasteiger partial charge in [0.15, 0.2) is 6.23 Å². The molecule has 3 aromatic heterocycles. The van der Waals surface area contributed by atoms with E-state index in [0.717, 1.165) is 73.8 Å². The highest BCUT2D eigenvalue weighted by molar-refractivity contribution is 5.87. The molecule has 1 aliphatic heterocycles. The monoisotopic (exact) mass is 835 g/mol. The number of amides is 1. The summed E-state index contributed by atoms with van der Waals surface area (Å²) in [5, 5.41) is 29.7. The normalized spacial score (nSPS) is 22.0. The number of ether oxygens (including phenoxy) is 4. The summed E-state index contributed by atoms with van der Waals surface area (Å²) >= 11 is 0. The zero-order chi connectivity index (χ0) is 42.6. The number of aryl methyl sites for hydroxylation is 1. The molecule has 0 radical (unpaired) electrons. The van der Waals surface area contributed by atoms with E-state index >= 15 is 0 Å². The number of unbranched alkanes of at least 4 members (excludes halogenated alkanes) is 1. The highest BCUT2D eigenvalue weighted by Crippen LogP contribution is 2.39. The fourth-order valence-corrected chi connectivity index (χ4v) is 8.24. The van der Waals surface area contributed by atoms with E-state index in [-0.39, 0.29) is 17.4 Å². The summed E-state index contributed by atoms with van der Waals surface area (Å²) in [4.78, 5) is 32.0. The molecule has 15 nitrogen and oxygen atoms in total. The van der Waals surface area contributed by atoms with Crippen molar-refractivity contribution >= 4 is 33.8 Å². The predicted molar refractivity (Wildman–Crippen MR) is 233 cm³/mol. The summed E-state index contributed by atoms with van der Waals surface area (Å²) in [6.07, 6.45) is 6.98. The SMILES string of the molecule is CCCOCCOCCOCCC(=O)NCCCCNc1ncnc2c1ccn2[C@@H]1O[C@H](CN(C(C)C)C2CC(CCc3nc4ccc(C(C)(C)C)cc4[nH]3)C2)C(O)[C@@H]1O. The molecule has 1 unspecified atom stereocenters. The summed E-state index contributed by atoms with van der Waals surface area (Å²) in [5.41, 5.74) is 4.15. The number of imidazole rings is 1. The van der Waals surface area contributed by atoms with Crippen LogP contribution in [0.2, 0.25) is 0 Å². The first-order chi connectivity index (χ1) is 28.9. The molecule has 4 heterocycles. The Morgan fingerprint density at radius 2 is 1.73 bits per heavy atom. The Bertz CT molecular complexity index is 1920. The Hall–Kier alpha value is -3.70. The van der Waals surface area contributed by atoms with Gasteiger partial charge in [0, 0.05) is 57.4 Å². The summed E-state index contributed by atoms with van der Waals surface area (Å²) in [5.74, 6) is 2.31. The van der Waals surface area contributed by atoms with Gasteiger partial charge in [-0.2, -0.15) is 0 Å². The summed E-state index contributed by atoms with van der Waals surface area (Å²) < 4.78 is 24.6. The van der Waals surface area contributed by atoms with E-state index < -0.39 is 24.5 Å². The minimum atomic E-state index is -1.11. The number of aromatic amines is 1. The van der Waals surface area contributed by atoms with E-state index in [1.165, 1.54) is 11.9 Å². The van der Waals surface area contributed by atoms with Gasteiger partial charge in [0.25, 0.3) is 0 Å². The lowest BCUT2D eigenvalue weighted by atomic mass is 9.76. The van der Waals surface area contributed by atoms with Gasteiger partial charge in [-0.3, -0.25) is 9.69 Å². The highest BCUT2D eigenvalue weighted by Gasteiger charge is 2.46. The van der Waals surface area contributed by atoms with Crippen LogP contribution >= 0.6 is 0 Å². The highest BCUT2D eigenvalue weighted by atomic mass is 16.6. The van der Waals surface area contributed by atoms with Crippen molar-refractivity contribution in [2.45, 2.75) is 135 Å². The second-order valence-corrected chi connectivity index (χ2v) is 17.8. The molecule has 4 atom stereocenters. The number of aliphatic hydroxyl groups excluding tert-OH is 2. The first kappa shape index (κ1) is 45.8. The van der Waals surface area contributed by atoms with Crippen molar-refractivity contribution < 1.29 is 34.0 Å². The van der Waals surface area contributed by atoms with Gasteiger partial charge in [-0.15, -0.1) is 0 Å². The molecule has 1 amide bonds. The third kappa shape index (κ3) is 12.2. The van der Waals surface area contributed by atoms with Gasteiger partial charge < -0.3 is 49.3 Å². The van der Waals surface area contributed by atoms with Gasteiger partial charge in [-0.05, 0) is 87.5 Å². The molecule has 1 saturated carbocycles. The molecule has 1 saturated heterocycles. The van der Waals surface area contributed by atoms with Gasteiger partial charge in [-0.25, -0.2) is 15.0 Å². The molecule has 60 heavy (non-hydrogen) atoms. The quantitative estimate of drug-likeness (QED) is 0.0530. The molecule has 2 fully saturated rings. The van der Waals surface area contributed by atoms with Crippen molar-refractivity contribution in [2.24, 2.45) is 5.92 Å². The number of nitrogens with zero attached hydrogens (tertiary/aromatic N) is 5. The van der Waals surface area contributed by atoms with Gasteiger partial charge >= 0.3 is 0 Å². The third-order valence-corrected chi connectivity index (χ3v) is 11.8. The number of aliphatic hydroxyl groups is 2. The van der Waals surface area contributed by atoms with Crippen LogP contribution in [0.15, 0.2) is 36.8 Å². The average molecular weight is 835 g/mol. The number of fused-ring (bicyclic) bond motifs is 2. The molecule has 1 aliphatic carbocycles. The predicted octanol–water partition coefficient (Wildman–Crippen LogP) is 5.50. The number of anilines is 1. The summed E-state index contributed by atoms with van der Waals surface area (Å²) in [6.45, 7) is 18.1. The molecular formula is C45H70N8O7. The molecular weight excluding hydrogens is 765 g/mol. The van der Waals surface area contributed by atoms with Gasteiger partial charge in [0.1, 0.15) is 41.9 Å². The van der Waals surface area contributed by atoms with E-state index in [2.05, 4.69) is 90.2 Å². The second kappa shape index (κ2) is 21.9. The minimum Gasteiger partial charge on any atom is -0.387 e. The van der Waals surface area contributed by atoms with Gasteiger partial charge in [0.05, 0.1) is 49.5 Å². The van der Waals surface area contributed by atoms with Crippen molar-refractivity contribution in [3.05, 3.63) is 48.2 Å². The zero-order valence-electron chi connectivity index (χ0n) is 36.7. The fraction of sp³-hybridized carbons (Fsp3) is 0.689. The first-order valence-corrected chi connectivity index (χ1v) is 22.2. The van der Waals surface area contributed by atoms with E-state index in [0.29, 0.717) is 82.5 Å². The molecule has 4 aromatic rings. The molecule has 5 N–H and O–H groups in total. The van der Waals surface area contributed by atoms with Crippen LogP contribution in [0.25, 0.3) is 22.1 Å². The van der Waals surface area contributed by atoms with Crippen LogP contribution in [0.4, 0.5) is 5.82 Å². The lowest BCUT2D eigenvalue weighted by Crippen LogP contribution is -2.52. The van der Waals surface area contributed by atoms with Crippen LogP contribution < -0.4 is 10.6 Å². The van der Waals surface area contributed by atoms with Crippen LogP contribution in [-0.4, -0.2) is 135 Å². The van der Waals surface area contributed by atoms with Crippen LogP contribution in [0, 0.1) is 5.92 Å². The molecule has 15 heteroatoms. The maximum Gasteiger partial charge on any atom is 0.222 e. The Morgan fingerprint density at radius 1 is 1.00 bits per heavy atom. The molecule has 332 valence electrons. The van der Waals surface area contributed by atoms with Crippen LogP contribution in [0.5, 0.6) is 0 Å². The summed E-state index contributed by atoms with van der Waals surface area (Å²) in [7, 11) is 0. The lowest BCUT2D eigenvalue weighted by Gasteiger charge is -2.46. The molecule has 0 bridgehead atoms. The number of carbonyl (C=O) groups excluding carboxylic acids is 1. The van der Waals surface area contributed by atoms with Crippen LogP contribution in [0.3, 0.4) is 0 Å². The number of carbonyl (C=O) groups is 1. The largest absolute Gasteiger partial charge is 0.387 e. The van der Waals surface area contributed by atoms with Crippen LogP contribution in [-0.2, 0) is 35.6 Å². The second-order valence-electron chi connectivity index (χ2n) is 17.8. The first-order valence-electron chi connectivity index (χ1n) is 22.2. The number of hydrogen-bond acceptors (Lipinski definition) is 12. The van der Waals surface area contributed by atoms with E-state index in [1.807, 2.05) is 12.3 Å². The molecule has 0 spiro atoms. The van der Waals surface area contributed by atoms with Gasteiger partial charge in [-0.1, -0.05) is 33.8 Å². The zero-order valence-corrected chi connectivity index (χ0v) is 36.7. The van der Waals surface area contributed by atoms with Crippen molar-refractivity contribution in [1.29, 1.82) is 0 Å². The molecule has 6 rings (SSSR count). The number of nitrogens with one attached hydrogen (secondary N) is 3. The van der Waals surface area contributed by atoms with Crippen molar-refractivity contribution in [2.75, 3.05) is 64.6 Å². The number of benzene rings is 1. The van der Waals surface area contributed by atoms with E-state index in [1.54, 1.807) is 4.57 Å². The van der Waals surface area contributed by atoms with Crippen molar-refractivity contribution in [3.63, 3.8) is 0 Å².